The zero-order valence-electron chi connectivity index (χ0n) is 15.8. The van der Waals surface area contributed by atoms with Crippen LogP contribution in [-0.4, -0.2) is 0 Å². The molecule has 2 saturated carbocycles. The highest BCUT2D eigenvalue weighted by molar-refractivity contribution is 5.04. The van der Waals surface area contributed by atoms with Gasteiger partial charge in [0.25, 0.3) is 0 Å². The van der Waals surface area contributed by atoms with Gasteiger partial charge >= 0.3 is 0 Å². The van der Waals surface area contributed by atoms with E-state index >= 15 is 0 Å². The van der Waals surface area contributed by atoms with Crippen LogP contribution in [0, 0.1) is 34.5 Å². The van der Waals surface area contributed by atoms with Crippen molar-refractivity contribution in [2.24, 2.45) is 23.2 Å². The van der Waals surface area contributed by atoms with Gasteiger partial charge in [-0.2, -0.15) is 5.26 Å². The van der Waals surface area contributed by atoms with E-state index in [1.165, 1.54) is 96.3 Å². The van der Waals surface area contributed by atoms with Gasteiger partial charge in [-0.05, 0) is 56.3 Å². The van der Waals surface area contributed by atoms with E-state index in [1.807, 2.05) is 0 Å². The predicted molar refractivity (Wildman–Crippen MR) is 99.1 cm³/mol. The van der Waals surface area contributed by atoms with Crippen molar-refractivity contribution in [2.75, 3.05) is 0 Å². The van der Waals surface area contributed by atoms with Crippen LogP contribution in [0.5, 0.6) is 0 Å². The predicted octanol–water partition coefficient (Wildman–Crippen LogP) is 7.26. The first kappa shape index (κ1) is 18.8. The van der Waals surface area contributed by atoms with Crippen LogP contribution < -0.4 is 0 Å². The quantitative estimate of drug-likeness (QED) is 0.410. The molecule has 0 heterocycles. The van der Waals surface area contributed by atoms with Crippen molar-refractivity contribution < 1.29 is 0 Å². The lowest BCUT2D eigenvalue weighted by Gasteiger charge is -2.45. The Bertz CT molecular complexity index is 369. The van der Waals surface area contributed by atoms with E-state index in [0.29, 0.717) is 0 Å². The van der Waals surface area contributed by atoms with Crippen molar-refractivity contribution in [1.82, 2.24) is 0 Å². The molecule has 0 spiro atoms. The molecule has 0 N–H and O–H groups in total. The Morgan fingerprint density at radius 2 is 1.70 bits per heavy atom. The molecule has 0 amide bonds. The normalized spacial score (nSPS) is 33.9. The van der Waals surface area contributed by atoms with Gasteiger partial charge in [-0.1, -0.05) is 71.6 Å². The van der Waals surface area contributed by atoms with Gasteiger partial charge in [-0.3, -0.25) is 0 Å². The number of hydrogen-bond acceptors (Lipinski definition) is 1. The summed E-state index contributed by atoms with van der Waals surface area (Å²) in [5.74, 6) is 2.83. The van der Waals surface area contributed by atoms with E-state index in [4.69, 9.17) is 0 Å². The van der Waals surface area contributed by atoms with E-state index in [-0.39, 0.29) is 5.41 Å². The molecule has 0 aromatic carbocycles. The molecule has 1 heteroatoms. The van der Waals surface area contributed by atoms with Crippen LogP contribution in [0.1, 0.15) is 110 Å². The Morgan fingerprint density at radius 1 is 0.913 bits per heavy atom. The van der Waals surface area contributed by atoms with Crippen LogP contribution in [-0.2, 0) is 0 Å². The van der Waals surface area contributed by atoms with Gasteiger partial charge in [0.1, 0.15) is 0 Å². The molecule has 0 aliphatic heterocycles. The molecule has 1 unspecified atom stereocenters. The standard InChI is InChI=1S/C22H39N/c1-3-5-7-8-10-19-11-12-21-17-22(18-23,14-9-6-4-2)15-13-20(21)16-19/h19-21H,3-17H2,1-2H3/t19-,20+,21?,22-/m0/s1. The molecule has 0 aromatic heterocycles. The maximum atomic E-state index is 9.80. The summed E-state index contributed by atoms with van der Waals surface area (Å²) in [6.07, 6.45) is 20.2. The second-order valence-electron chi connectivity index (χ2n) is 8.64. The van der Waals surface area contributed by atoms with Crippen molar-refractivity contribution in [3.8, 4) is 6.07 Å². The fourth-order valence-electron chi connectivity index (χ4n) is 5.33. The fraction of sp³-hybridized carbons (Fsp3) is 0.955. The first-order chi connectivity index (χ1) is 11.2. The van der Waals surface area contributed by atoms with Gasteiger partial charge < -0.3 is 0 Å². The highest BCUT2D eigenvalue weighted by Crippen LogP contribution is 2.51. The van der Waals surface area contributed by atoms with Crippen molar-refractivity contribution in [3.05, 3.63) is 0 Å². The Labute approximate surface area is 145 Å². The molecule has 1 nitrogen and oxygen atoms in total. The summed E-state index contributed by atoms with van der Waals surface area (Å²) in [5, 5.41) is 9.80. The SMILES string of the molecule is CCCCCC[C@H]1CCC2C[C@](C#N)(CCCCC)CC[C@@H]2C1. The molecule has 23 heavy (non-hydrogen) atoms. The monoisotopic (exact) mass is 317 g/mol. The molecule has 2 fully saturated rings. The molecule has 2 aliphatic rings. The van der Waals surface area contributed by atoms with Gasteiger partial charge in [0.2, 0.25) is 0 Å². The lowest BCUT2D eigenvalue weighted by molar-refractivity contribution is 0.0616. The summed E-state index contributed by atoms with van der Waals surface area (Å²) < 4.78 is 0. The van der Waals surface area contributed by atoms with E-state index in [1.54, 1.807) is 0 Å². The number of rotatable bonds is 9. The zero-order chi connectivity index (χ0) is 16.5. The van der Waals surface area contributed by atoms with Crippen LogP contribution >= 0.6 is 0 Å². The van der Waals surface area contributed by atoms with Crippen molar-refractivity contribution in [1.29, 1.82) is 5.26 Å². The molecular weight excluding hydrogens is 278 g/mol. The highest BCUT2D eigenvalue weighted by Gasteiger charge is 2.42. The maximum absolute atomic E-state index is 9.80. The number of hydrogen-bond donors (Lipinski definition) is 0. The Morgan fingerprint density at radius 3 is 2.43 bits per heavy atom. The number of nitrogens with zero attached hydrogens (tertiary/aromatic N) is 1. The van der Waals surface area contributed by atoms with Crippen LogP contribution in [0.25, 0.3) is 0 Å². The maximum Gasteiger partial charge on any atom is 0.0689 e. The average molecular weight is 318 g/mol. The lowest BCUT2D eigenvalue weighted by Crippen LogP contribution is -2.36. The molecule has 132 valence electrons. The largest absolute Gasteiger partial charge is 0.198 e. The van der Waals surface area contributed by atoms with Gasteiger partial charge in [0, 0.05) is 0 Å². The van der Waals surface area contributed by atoms with Crippen molar-refractivity contribution in [2.45, 2.75) is 110 Å². The summed E-state index contributed by atoms with van der Waals surface area (Å²) >= 11 is 0. The van der Waals surface area contributed by atoms with Crippen molar-refractivity contribution in [3.63, 3.8) is 0 Å². The van der Waals surface area contributed by atoms with E-state index in [2.05, 4.69) is 19.9 Å². The van der Waals surface area contributed by atoms with Gasteiger partial charge in [-0.15, -0.1) is 0 Å². The summed E-state index contributed by atoms with van der Waals surface area (Å²) in [6, 6.07) is 2.77. The second-order valence-corrected chi connectivity index (χ2v) is 8.64. The first-order valence-electron chi connectivity index (χ1n) is 10.6. The summed E-state index contributed by atoms with van der Waals surface area (Å²) in [4.78, 5) is 0. The molecular formula is C22H39N. The summed E-state index contributed by atoms with van der Waals surface area (Å²) in [6.45, 7) is 4.56. The van der Waals surface area contributed by atoms with Crippen LogP contribution in [0.15, 0.2) is 0 Å². The Hall–Kier alpha value is -0.510. The topological polar surface area (TPSA) is 23.8 Å². The molecule has 0 saturated heterocycles. The van der Waals surface area contributed by atoms with E-state index < -0.39 is 0 Å². The molecule has 0 bridgehead atoms. The highest BCUT2D eigenvalue weighted by atomic mass is 14.5. The molecule has 2 rings (SSSR count). The zero-order valence-corrected chi connectivity index (χ0v) is 15.8. The molecule has 4 atom stereocenters. The van der Waals surface area contributed by atoms with E-state index in [0.717, 1.165) is 17.8 Å². The second kappa shape index (κ2) is 9.71. The number of fused-ring (bicyclic) bond motifs is 1. The van der Waals surface area contributed by atoms with Crippen LogP contribution in [0.3, 0.4) is 0 Å². The Balaban J connectivity index is 1.77. The average Bonchev–Trinajstić information content (AvgIpc) is 2.59. The summed E-state index contributed by atoms with van der Waals surface area (Å²) in [5.41, 5.74) is 0.0459. The third-order valence-corrected chi connectivity index (χ3v) is 6.86. The Kier molecular flexibility index (Phi) is 7.94. The first-order valence-corrected chi connectivity index (χ1v) is 10.6. The third kappa shape index (κ3) is 5.51. The lowest BCUT2D eigenvalue weighted by atomic mass is 9.58. The van der Waals surface area contributed by atoms with Gasteiger partial charge in [-0.25, -0.2) is 0 Å². The molecule has 2 aliphatic carbocycles. The minimum atomic E-state index is 0.0459. The van der Waals surface area contributed by atoms with Crippen LogP contribution in [0.4, 0.5) is 0 Å². The number of unbranched alkanes of at least 4 members (excludes halogenated alkanes) is 5. The fourth-order valence-corrected chi connectivity index (χ4v) is 5.33. The molecule has 0 radical (unpaired) electrons. The minimum absolute atomic E-state index is 0.0459. The van der Waals surface area contributed by atoms with Crippen LogP contribution in [0.2, 0.25) is 0 Å². The summed E-state index contributed by atoms with van der Waals surface area (Å²) in [7, 11) is 0. The minimum Gasteiger partial charge on any atom is -0.198 e. The third-order valence-electron chi connectivity index (χ3n) is 6.86. The van der Waals surface area contributed by atoms with E-state index in [9.17, 15) is 5.26 Å². The van der Waals surface area contributed by atoms with Gasteiger partial charge in [0.15, 0.2) is 0 Å². The van der Waals surface area contributed by atoms with Crippen molar-refractivity contribution >= 4 is 0 Å². The molecule has 0 aromatic rings. The number of nitriles is 1. The van der Waals surface area contributed by atoms with Gasteiger partial charge in [0.05, 0.1) is 11.5 Å². The smallest absolute Gasteiger partial charge is 0.0689 e.